The molecule has 0 radical (unpaired) electrons. The Labute approximate surface area is 77.4 Å². The summed E-state index contributed by atoms with van der Waals surface area (Å²) in [5, 5.41) is 9.00. The van der Waals surface area contributed by atoms with E-state index in [1.165, 1.54) is 6.42 Å². The van der Waals surface area contributed by atoms with E-state index in [9.17, 15) is 0 Å². The summed E-state index contributed by atoms with van der Waals surface area (Å²) >= 11 is 0. The molecule has 3 nitrogen and oxygen atoms in total. The first kappa shape index (κ1) is 8.18. The summed E-state index contributed by atoms with van der Waals surface area (Å²) in [6.45, 7) is 0. The molecule has 1 aromatic heterocycles. The molecule has 0 saturated heterocycles. The summed E-state index contributed by atoms with van der Waals surface area (Å²) in [4.78, 5) is 8.17. The van der Waals surface area contributed by atoms with Crippen molar-refractivity contribution in [3.05, 3.63) is 24.3 Å². The molecule has 0 N–H and O–H groups in total. The number of nitrogens with zero attached hydrogens (tertiary/aromatic N) is 3. The summed E-state index contributed by atoms with van der Waals surface area (Å²) in [5.41, 5.74) is 0.805. The van der Waals surface area contributed by atoms with Gasteiger partial charge in [0, 0.05) is 25.0 Å². The zero-order chi connectivity index (χ0) is 9.15. The van der Waals surface area contributed by atoms with E-state index in [1.54, 1.807) is 18.6 Å². The van der Waals surface area contributed by atoms with Gasteiger partial charge in [-0.05, 0) is 12.8 Å². The van der Waals surface area contributed by atoms with Crippen LogP contribution < -0.4 is 0 Å². The van der Waals surface area contributed by atoms with Crippen molar-refractivity contribution in [3.63, 3.8) is 0 Å². The van der Waals surface area contributed by atoms with E-state index < -0.39 is 0 Å². The van der Waals surface area contributed by atoms with Crippen molar-refractivity contribution >= 4 is 0 Å². The first-order valence-corrected chi connectivity index (χ1v) is 4.51. The highest BCUT2D eigenvalue weighted by molar-refractivity contribution is 5.12. The summed E-state index contributed by atoms with van der Waals surface area (Å²) in [6, 6.07) is 2.40. The second kappa shape index (κ2) is 3.14. The summed E-state index contributed by atoms with van der Waals surface area (Å²) in [6.07, 6.45) is 9.05. The number of hydrogen-bond donors (Lipinski definition) is 0. The molecular weight excluding hydrogens is 162 g/mol. The first-order valence-electron chi connectivity index (χ1n) is 4.51. The van der Waals surface area contributed by atoms with Crippen LogP contribution in [-0.4, -0.2) is 9.97 Å². The lowest BCUT2D eigenvalue weighted by molar-refractivity contribution is 0.212. The zero-order valence-corrected chi connectivity index (χ0v) is 7.40. The molecule has 0 spiro atoms. The van der Waals surface area contributed by atoms with Gasteiger partial charge in [0.2, 0.25) is 0 Å². The number of hydrogen-bond acceptors (Lipinski definition) is 3. The van der Waals surface area contributed by atoms with Gasteiger partial charge in [-0.15, -0.1) is 0 Å². The molecule has 2 rings (SSSR count). The van der Waals surface area contributed by atoms with E-state index in [0.717, 1.165) is 25.0 Å². The largest absolute Gasteiger partial charge is 0.261 e. The maximum absolute atomic E-state index is 9.00. The fourth-order valence-electron chi connectivity index (χ4n) is 1.70. The van der Waals surface area contributed by atoms with E-state index in [4.69, 9.17) is 5.26 Å². The minimum atomic E-state index is -0.129. The highest BCUT2D eigenvalue weighted by Crippen LogP contribution is 2.42. The highest BCUT2D eigenvalue weighted by atomic mass is 14.8. The number of rotatable bonds is 2. The van der Waals surface area contributed by atoms with E-state index in [-0.39, 0.29) is 5.41 Å². The molecule has 1 heterocycles. The lowest BCUT2D eigenvalue weighted by Crippen LogP contribution is -2.30. The summed E-state index contributed by atoms with van der Waals surface area (Å²) < 4.78 is 0. The van der Waals surface area contributed by atoms with Crippen LogP contribution in [0.3, 0.4) is 0 Å². The predicted molar refractivity (Wildman–Crippen MR) is 47.6 cm³/mol. The Bertz CT molecular complexity index is 322. The average Bonchev–Trinajstić information content (AvgIpc) is 2.13. The quantitative estimate of drug-likeness (QED) is 0.684. The SMILES string of the molecule is N#CC1(Cc2cnccn2)CCC1. The minimum absolute atomic E-state index is 0.129. The first-order chi connectivity index (χ1) is 6.35. The van der Waals surface area contributed by atoms with Gasteiger partial charge >= 0.3 is 0 Å². The molecule has 1 aromatic rings. The average molecular weight is 173 g/mol. The Kier molecular flexibility index (Phi) is 1.97. The molecule has 0 unspecified atom stereocenters. The maximum Gasteiger partial charge on any atom is 0.0693 e. The standard InChI is InChI=1S/C10H11N3/c11-8-10(2-1-3-10)6-9-7-12-4-5-13-9/h4-5,7H,1-3,6H2. The monoisotopic (exact) mass is 173 g/mol. The molecule has 0 aliphatic heterocycles. The van der Waals surface area contributed by atoms with E-state index >= 15 is 0 Å². The third kappa shape index (κ3) is 1.52. The lowest BCUT2D eigenvalue weighted by atomic mass is 9.67. The summed E-state index contributed by atoms with van der Waals surface area (Å²) in [5.74, 6) is 0. The van der Waals surface area contributed by atoms with Crippen molar-refractivity contribution in [1.82, 2.24) is 9.97 Å². The Morgan fingerprint density at radius 3 is 2.77 bits per heavy atom. The molecule has 3 heteroatoms. The van der Waals surface area contributed by atoms with Crippen molar-refractivity contribution in [2.75, 3.05) is 0 Å². The molecule has 1 saturated carbocycles. The number of nitriles is 1. The topological polar surface area (TPSA) is 49.6 Å². The van der Waals surface area contributed by atoms with E-state index in [2.05, 4.69) is 16.0 Å². The van der Waals surface area contributed by atoms with Crippen LogP contribution in [0.1, 0.15) is 25.0 Å². The van der Waals surface area contributed by atoms with Crippen LogP contribution in [0.15, 0.2) is 18.6 Å². The van der Waals surface area contributed by atoms with Crippen LogP contribution in [-0.2, 0) is 6.42 Å². The van der Waals surface area contributed by atoms with E-state index in [0.29, 0.717) is 0 Å². The van der Waals surface area contributed by atoms with Crippen molar-refractivity contribution < 1.29 is 0 Å². The van der Waals surface area contributed by atoms with Gasteiger partial charge in [0.15, 0.2) is 0 Å². The molecule has 0 aromatic carbocycles. The Balaban J connectivity index is 2.10. The maximum atomic E-state index is 9.00. The van der Waals surface area contributed by atoms with Crippen molar-refractivity contribution in [3.8, 4) is 6.07 Å². The van der Waals surface area contributed by atoms with Gasteiger partial charge in [-0.2, -0.15) is 5.26 Å². The van der Waals surface area contributed by atoms with Gasteiger partial charge in [0.1, 0.15) is 0 Å². The van der Waals surface area contributed by atoms with Gasteiger partial charge < -0.3 is 0 Å². The van der Waals surface area contributed by atoms with Crippen molar-refractivity contribution in [1.29, 1.82) is 5.26 Å². The fraction of sp³-hybridized carbons (Fsp3) is 0.500. The second-order valence-corrected chi connectivity index (χ2v) is 3.62. The Morgan fingerprint density at radius 1 is 1.46 bits per heavy atom. The molecule has 0 amide bonds. The number of aromatic nitrogens is 2. The summed E-state index contributed by atoms with van der Waals surface area (Å²) in [7, 11) is 0. The molecule has 1 aliphatic rings. The van der Waals surface area contributed by atoms with Gasteiger partial charge in [0.05, 0.1) is 17.2 Å². The zero-order valence-electron chi connectivity index (χ0n) is 7.40. The van der Waals surface area contributed by atoms with Crippen LogP contribution in [0.4, 0.5) is 0 Å². The highest BCUT2D eigenvalue weighted by Gasteiger charge is 2.37. The van der Waals surface area contributed by atoms with Gasteiger partial charge in [-0.25, -0.2) is 0 Å². The van der Waals surface area contributed by atoms with Crippen LogP contribution in [0.2, 0.25) is 0 Å². The molecule has 66 valence electrons. The second-order valence-electron chi connectivity index (χ2n) is 3.62. The third-order valence-corrected chi connectivity index (χ3v) is 2.68. The molecule has 0 atom stereocenters. The van der Waals surface area contributed by atoms with Crippen LogP contribution in [0.5, 0.6) is 0 Å². The van der Waals surface area contributed by atoms with Crippen LogP contribution >= 0.6 is 0 Å². The third-order valence-electron chi connectivity index (χ3n) is 2.68. The molecule has 0 bridgehead atoms. The van der Waals surface area contributed by atoms with E-state index in [1.807, 2.05) is 0 Å². The molecule has 1 fully saturated rings. The fourth-order valence-corrected chi connectivity index (χ4v) is 1.70. The van der Waals surface area contributed by atoms with Gasteiger partial charge in [-0.3, -0.25) is 9.97 Å². The predicted octanol–water partition coefficient (Wildman–Crippen LogP) is 1.71. The molecular formula is C10H11N3. The van der Waals surface area contributed by atoms with Gasteiger partial charge in [0.25, 0.3) is 0 Å². The Morgan fingerprint density at radius 2 is 2.31 bits per heavy atom. The molecule has 1 aliphatic carbocycles. The normalized spacial score (nSPS) is 18.7. The van der Waals surface area contributed by atoms with Crippen molar-refractivity contribution in [2.45, 2.75) is 25.7 Å². The smallest absolute Gasteiger partial charge is 0.0693 e. The Hall–Kier alpha value is -1.43. The van der Waals surface area contributed by atoms with Gasteiger partial charge in [-0.1, -0.05) is 6.42 Å². The molecule has 13 heavy (non-hydrogen) atoms. The van der Waals surface area contributed by atoms with Crippen LogP contribution in [0.25, 0.3) is 0 Å². The minimum Gasteiger partial charge on any atom is -0.261 e. The van der Waals surface area contributed by atoms with Crippen molar-refractivity contribution in [2.24, 2.45) is 5.41 Å². The lowest BCUT2D eigenvalue weighted by Gasteiger charge is -2.34. The van der Waals surface area contributed by atoms with Crippen LogP contribution in [0, 0.1) is 16.7 Å².